The van der Waals surface area contributed by atoms with Crippen LogP contribution in [0.25, 0.3) is 11.1 Å². The molecule has 0 N–H and O–H groups in total. The van der Waals surface area contributed by atoms with Crippen LogP contribution in [0.15, 0.2) is 206 Å². The molecule has 0 amide bonds. The third-order valence-electron chi connectivity index (χ3n) is 12.0. The van der Waals surface area contributed by atoms with Gasteiger partial charge < -0.3 is 23.7 Å². The highest BCUT2D eigenvalue weighted by Crippen LogP contribution is 2.28. The zero-order chi connectivity index (χ0) is 55.0. The summed E-state index contributed by atoms with van der Waals surface area (Å²) in [6, 6.07) is 61.5. The number of esters is 5. The summed E-state index contributed by atoms with van der Waals surface area (Å²) in [5.41, 5.74) is 12.7. The first-order valence-electron chi connectivity index (χ1n) is 24.8. The van der Waals surface area contributed by atoms with E-state index in [1.54, 1.807) is 116 Å². The predicted octanol–water partition coefficient (Wildman–Crippen LogP) is 15.3. The molecule has 9 aromatic carbocycles. The number of aryl methyl sites for hydroxylation is 8. The van der Waals surface area contributed by atoms with Gasteiger partial charge in [-0.05, 0) is 187 Å². The molecule has 0 saturated carbocycles. The minimum atomic E-state index is -0.431. The summed E-state index contributed by atoms with van der Waals surface area (Å²) in [6.07, 6.45) is 0. The van der Waals surface area contributed by atoms with Gasteiger partial charge in [0.05, 0.1) is 27.8 Å². The Bertz CT molecular complexity index is 3390. The summed E-state index contributed by atoms with van der Waals surface area (Å²) < 4.78 is 27.1. The molecule has 10 heteroatoms. The normalized spacial score (nSPS) is 10.3. The first-order chi connectivity index (χ1) is 37.0. The van der Waals surface area contributed by atoms with Crippen molar-refractivity contribution >= 4 is 29.8 Å². The molecular formula is C67H58O10. The fourth-order valence-electron chi connectivity index (χ4n) is 7.46. The minimum absolute atomic E-state index is 0.325. The predicted molar refractivity (Wildman–Crippen MR) is 300 cm³/mol. The van der Waals surface area contributed by atoms with Crippen LogP contribution in [0.2, 0.25) is 0 Å². The lowest BCUT2D eigenvalue weighted by Crippen LogP contribution is -2.12. The Labute approximate surface area is 449 Å². The summed E-state index contributed by atoms with van der Waals surface area (Å²) in [5.74, 6) is 0.398. The summed E-state index contributed by atoms with van der Waals surface area (Å²) in [4.78, 5) is 61.0. The zero-order valence-corrected chi connectivity index (χ0v) is 44.2. The maximum absolute atomic E-state index is 12.5. The number of rotatable bonds is 11. The van der Waals surface area contributed by atoms with Crippen LogP contribution in [0.5, 0.6) is 28.7 Å². The lowest BCUT2D eigenvalue weighted by Gasteiger charge is -2.11. The molecule has 0 heterocycles. The summed E-state index contributed by atoms with van der Waals surface area (Å²) in [7, 11) is 0. The topological polar surface area (TPSA) is 132 Å². The van der Waals surface area contributed by atoms with E-state index < -0.39 is 23.9 Å². The molecule has 0 spiro atoms. The van der Waals surface area contributed by atoms with Crippen LogP contribution in [0.1, 0.15) is 96.3 Å². The lowest BCUT2D eigenvalue weighted by atomic mass is 10.1. The van der Waals surface area contributed by atoms with Gasteiger partial charge in [-0.1, -0.05) is 130 Å². The Morgan fingerprint density at radius 2 is 0.532 bits per heavy atom. The van der Waals surface area contributed by atoms with Crippen LogP contribution in [-0.4, -0.2) is 29.8 Å². The summed E-state index contributed by atoms with van der Waals surface area (Å²) >= 11 is 0. The Hall–Kier alpha value is -9.67. The molecule has 0 bridgehead atoms. The highest BCUT2D eigenvalue weighted by Gasteiger charge is 2.16. The minimum Gasteiger partial charge on any atom is -0.423 e. The highest BCUT2D eigenvalue weighted by atomic mass is 16.6. The lowest BCUT2D eigenvalue weighted by molar-refractivity contribution is 0.0718. The fourth-order valence-corrected chi connectivity index (χ4v) is 7.46. The highest BCUT2D eigenvalue weighted by molar-refractivity contribution is 5.94. The monoisotopic (exact) mass is 1020 g/mol. The Kier molecular flexibility index (Phi) is 18.6. The maximum atomic E-state index is 12.5. The molecule has 0 aliphatic heterocycles. The van der Waals surface area contributed by atoms with Crippen molar-refractivity contribution in [3.63, 3.8) is 0 Å². The molecule has 0 saturated heterocycles. The molecular weight excluding hydrogens is 965 g/mol. The smallest absolute Gasteiger partial charge is 0.343 e. The van der Waals surface area contributed by atoms with E-state index in [1.165, 1.54) is 0 Å². The van der Waals surface area contributed by atoms with E-state index in [0.717, 1.165) is 50.1 Å². The fraction of sp³-hybridized carbons (Fsp3) is 0.119. The number of carbonyl (C=O) groups is 5. The third kappa shape index (κ3) is 16.2. The second kappa shape index (κ2) is 26.0. The quantitative estimate of drug-likeness (QED) is 0.0911. The molecule has 10 nitrogen and oxygen atoms in total. The molecule has 0 aromatic heterocycles. The van der Waals surface area contributed by atoms with Gasteiger partial charge >= 0.3 is 29.8 Å². The van der Waals surface area contributed by atoms with Crippen LogP contribution in [0, 0.1) is 55.4 Å². The van der Waals surface area contributed by atoms with E-state index >= 15 is 0 Å². The Morgan fingerprint density at radius 3 is 0.857 bits per heavy atom. The second-order valence-corrected chi connectivity index (χ2v) is 18.5. The number of carbonyl (C=O) groups excluding carboxylic acids is 5. The van der Waals surface area contributed by atoms with Gasteiger partial charge in [-0.25, -0.2) is 24.0 Å². The van der Waals surface area contributed by atoms with Crippen molar-refractivity contribution in [1.29, 1.82) is 0 Å². The van der Waals surface area contributed by atoms with Crippen LogP contribution in [0.4, 0.5) is 0 Å². The van der Waals surface area contributed by atoms with Crippen molar-refractivity contribution in [1.82, 2.24) is 0 Å². The van der Waals surface area contributed by atoms with Gasteiger partial charge in [-0.2, -0.15) is 0 Å². The zero-order valence-electron chi connectivity index (χ0n) is 44.2. The van der Waals surface area contributed by atoms with Gasteiger partial charge in [0, 0.05) is 0 Å². The van der Waals surface area contributed by atoms with E-state index in [2.05, 4.69) is 0 Å². The Balaban J connectivity index is 0.000000175. The van der Waals surface area contributed by atoms with Gasteiger partial charge in [0.25, 0.3) is 0 Å². The summed E-state index contributed by atoms with van der Waals surface area (Å²) in [5, 5.41) is 0. The molecule has 77 heavy (non-hydrogen) atoms. The van der Waals surface area contributed by atoms with E-state index in [4.69, 9.17) is 23.7 Å². The first kappa shape index (κ1) is 55.1. The number of hydrogen-bond acceptors (Lipinski definition) is 10. The van der Waals surface area contributed by atoms with Crippen LogP contribution >= 0.6 is 0 Å². The largest absolute Gasteiger partial charge is 0.423 e. The average molecular weight is 1020 g/mol. The van der Waals surface area contributed by atoms with Crippen molar-refractivity contribution in [3.05, 3.63) is 279 Å². The van der Waals surface area contributed by atoms with E-state index in [9.17, 15) is 24.0 Å². The van der Waals surface area contributed by atoms with E-state index in [-0.39, 0.29) is 5.97 Å². The van der Waals surface area contributed by atoms with Crippen molar-refractivity contribution in [2.45, 2.75) is 55.4 Å². The maximum Gasteiger partial charge on any atom is 0.343 e. The van der Waals surface area contributed by atoms with E-state index in [1.807, 2.05) is 146 Å². The molecule has 0 unspecified atom stereocenters. The van der Waals surface area contributed by atoms with Crippen molar-refractivity contribution < 1.29 is 47.7 Å². The molecule has 9 rings (SSSR count). The Morgan fingerprint density at radius 1 is 0.247 bits per heavy atom. The van der Waals surface area contributed by atoms with Gasteiger partial charge in [0.1, 0.15) is 28.7 Å². The molecule has 0 atom stereocenters. The second-order valence-electron chi connectivity index (χ2n) is 18.5. The molecule has 0 radical (unpaired) electrons. The van der Waals surface area contributed by atoms with Gasteiger partial charge in [0.15, 0.2) is 0 Å². The molecule has 386 valence electrons. The summed E-state index contributed by atoms with van der Waals surface area (Å²) in [6.45, 7) is 15.5. The number of benzene rings is 9. The molecule has 9 aromatic rings. The number of hydrogen-bond donors (Lipinski definition) is 0. The van der Waals surface area contributed by atoms with Crippen molar-refractivity contribution in [3.8, 4) is 39.9 Å². The first-order valence-corrected chi connectivity index (χ1v) is 24.8. The van der Waals surface area contributed by atoms with Crippen LogP contribution < -0.4 is 23.7 Å². The average Bonchev–Trinajstić information content (AvgIpc) is 3.41. The van der Waals surface area contributed by atoms with Gasteiger partial charge in [-0.3, -0.25) is 0 Å². The van der Waals surface area contributed by atoms with E-state index in [0.29, 0.717) is 62.1 Å². The van der Waals surface area contributed by atoms with Crippen molar-refractivity contribution in [2.75, 3.05) is 0 Å². The third-order valence-corrected chi connectivity index (χ3v) is 12.0. The number of ether oxygens (including phenoxy) is 5. The molecule has 0 aliphatic carbocycles. The van der Waals surface area contributed by atoms with Crippen molar-refractivity contribution in [2.24, 2.45) is 0 Å². The molecule has 0 fully saturated rings. The standard InChI is InChI=1S/C28H22O4.C24H22O4.C15H14O2/c1-19-3-7-23(8-4-19)27(29)31-25-15-11-21(12-16-25)22-13-17-26(18-14-22)32-28(30)24-9-5-20(2)6-10-24;1-15-5-8-19(9-6-15)23(25)27-20-10-12-22(18(4)14-20)28-24(26)21-11-7-16(2)13-17(21)3;1-11-3-7-13(8-4-11)15(16)17-14-9-5-12(2)6-10-14/h3-18H,1-2H3;5-14H,1-4H3;3-10H,1-2H3. The van der Waals surface area contributed by atoms with Gasteiger partial charge in [0.2, 0.25) is 0 Å². The van der Waals surface area contributed by atoms with Crippen LogP contribution in [-0.2, 0) is 0 Å². The van der Waals surface area contributed by atoms with Crippen LogP contribution in [0.3, 0.4) is 0 Å². The SMILES string of the molecule is Cc1ccc(C(=O)Oc2ccc(-c3ccc(OC(=O)c4ccc(C)cc4)cc3)cc2)cc1.Cc1ccc(C(=O)Oc2ccc(OC(=O)c3ccc(C)cc3C)c(C)c2)cc1.Cc1ccc(OC(=O)c2ccc(C)cc2)cc1. The molecule has 0 aliphatic rings. The van der Waals surface area contributed by atoms with Gasteiger partial charge in [-0.15, -0.1) is 0 Å².